The molecule has 1 aliphatic heterocycles. The Bertz CT molecular complexity index is 1010. The van der Waals surface area contributed by atoms with Gasteiger partial charge in [-0.2, -0.15) is 9.78 Å². The van der Waals surface area contributed by atoms with Crippen molar-refractivity contribution < 1.29 is 14.3 Å². The molecule has 0 aliphatic carbocycles. The number of anilines is 1. The number of para-hydroxylation sites is 1. The highest BCUT2D eigenvalue weighted by molar-refractivity contribution is 5.94. The molecule has 1 amide bonds. The van der Waals surface area contributed by atoms with E-state index in [1.54, 1.807) is 11.8 Å². The number of rotatable bonds is 4. The van der Waals surface area contributed by atoms with Crippen LogP contribution in [-0.4, -0.2) is 40.5 Å². The van der Waals surface area contributed by atoms with E-state index in [1.165, 1.54) is 0 Å². The van der Waals surface area contributed by atoms with Crippen molar-refractivity contribution in [3.63, 3.8) is 0 Å². The van der Waals surface area contributed by atoms with Crippen LogP contribution in [0.15, 0.2) is 30.3 Å². The van der Waals surface area contributed by atoms with E-state index in [1.807, 2.05) is 44.2 Å². The maximum Gasteiger partial charge on any atom is 0.254 e. The molecule has 0 radical (unpaired) electrons. The summed E-state index contributed by atoms with van der Waals surface area (Å²) in [5.41, 5.74) is 2.61. The number of amides is 1. The molecule has 3 heterocycles. The molecule has 4 rings (SSSR count). The monoisotopic (exact) mass is 366 g/mol. The third-order valence-electron chi connectivity index (χ3n) is 4.74. The number of hydrogen-bond donors (Lipinski definition) is 1. The van der Waals surface area contributed by atoms with Gasteiger partial charge in [0.15, 0.2) is 5.82 Å². The third kappa shape index (κ3) is 3.26. The molecule has 1 N–H and O–H groups in total. The van der Waals surface area contributed by atoms with Gasteiger partial charge < -0.3 is 14.8 Å². The van der Waals surface area contributed by atoms with E-state index in [0.717, 1.165) is 35.0 Å². The summed E-state index contributed by atoms with van der Waals surface area (Å²) in [6, 6.07) is 9.62. The first-order valence-corrected chi connectivity index (χ1v) is 9.00. The highest BCUT2D eigenvalue weighted by atomic mass is 16.5. The molecular weight excluding hydrogens is 344 g/mol. The molecule has 1 atom stereocenters. The van der Waals surface area contributed by atoms with Gasteiger partial charge in [0.05, 0.1) is 12.8 Å². The number of benzene rings is 1. The van der Waals surface area contributed by atoms with E-state index in [4.69, 9.17) is 14.5 Å². The van der Waals surface area contributed by atoms with E-state index in [2.05, 4.69) is 10.4 Å². The van der Waals surface area contributed by atoms with Crippen LogP contribution in [0.2, 0.25) is 0 Å². The van der Waals surface area contributed by atoms with Crippen molar-refractivity contribution in [2.45, 2.75) is 32.8 Å². The van der Waals surface area contributed by atoms with Gasteiger partial charge in [-0.1, -0.05) is 12.1 Å². The number of nitrogens with zero attached hydrogens (tertiary/aromatic N) is 3. The van der Waals surface area contributed by atoms with Crippen molar-refractivity contribution in [1.29, 1.82) is 0 Å². The number of carbonyl (C=O) groups is 1. The van der Waals surface area contributed by atoms with Crippen LogP contribution >= 0.6 is 0 Å². The number of methoxy groups -OCH3 is 1. The molecule has 1 unspecified atom stereocenters. The number of aromatic nitrogens is 3. The van der Waals surface area contributed by atoms with Crippen molar-refractivity contribution in [1.82, 2.24) is 14.8 Å². The van der Waals surface area contributed by atoms with Crippen LogP contribution in [0.1, 0.15) is 24.1 Å². The first-order chi connectivity index (χ1) is 13.1. The van der Waals surface area contributed by atoms with E-state index in [9.17, 15) is 4.79 Å². The lowest BCUT2D eigenvalue weighted by Crippen LogP contribution is -2.28. The van der Waals surface area contributed by atoms with Crippen molar-refractivity contribution in [2.24, 2.45) is 0 Å². The number of fused-ring (bicyclic) bond motifs is 1. The number of carbonyl (C=O) groups excluding carboxylic acids is 1. The zero-order chi connectivity index (χ0) is 19.0. The quantitative estimate of drug-likeness (QED) is 0.767. The van der Waals surface area contributed by atoms with Gasteiger partial charge in [-0.3, -0.25) is 4.79 Å². The second-order valence-electron chi connectivity index (χ2n) is 6.73. The maximum atomic E-state index is 12.5. The molecule has 1 saturated heterocycles. The second kappa shape index (κ2) is 7.00. The highest BCUT2D eigenvalue weighted by Crippen LogP contribution is 2.28. The van der Waals surface area contributed by atoms with Gasteiger partial charge >= 0.3 is 0 Å². The Labute approximate surface area is 157 Å². The van der Waals surface area contributed by atoms with Crippen LogP contribution in [0.4, 0.5) is 5.82 Å². The minimum Gasteiger partial charge on any atom is -0.494 e. The largest absolute Gasteiger partial charge is 0.494 e. The van der Waals surface area contributed by atoms with Crippen LogP contribution in [-0.2, 0) is 9.53 Å². The molecule has 1 aromatic carbocycles. The number of hydrogen-bond acceptors (Lipinski definition) is 5. The lowest BCUT2D eigenvalue weighted by molar-refractivity contribution is -0.124. The zero-order valence-electron chi connectivity index (χ0n) is 15.7. The summed E-state index contributed by atoms with van der Waals surface area (Å²) in [7, 11) is 1.63. The normalized spacial score (nSPS) is 16.6. The second-order valence-corrected chi connectivity index (χ2v) is 6.73. The average Bonchev–Trinajstić information content (AvgIpc) is 3.31. The van der Waals surface area contributed by atoms with Gasteiger partial charge in [0, 0.05) is 18.1 Å². The Balaban J connectivity index is 1.76. The first-order valence-electron chi connectivity index (χ1n) is 9.00. The van der Waals surface area contributed by atoms with E-state index in [0.29, 0.717) is 24.0 Å². The van der Waals surface area contributed by atoms with Crippen LogP contribution in [0.25, 0.3) is 16.7 Å². The van der Waals surface area contributed by atoms with Crippen LogP contribution in [0.3, 0.4) is 0 Å². The Morgan fingerprint density at radius 3 is 2.93 bits per heavy atom. The van der Waals surface area contributed by atoms with Gasteiger partial charge in [-0.05, 0) is 44.4 Å². The van der Waals surface area contributed by atoms with Crippen LogP contribution in [0, 0.1) is 13.8 Å². The van der Waals surface area contributed by atoms with Crippen LogP contribution < -0.4 is 10.1 Å². The predicted molar refractivity (Wildman–Crippen MR) is 102 cm³/mol. The topological polar surface area (TPSA) is 78.3 Å². The first kappa shape index (κ1) is 17.5. The van der Waals surface area contributed by atoms with E-state index >= 15 is 0 Å². The molecular formula is C20H22N4O3. The van der Waals surface area contributed by atoms with E-state index in [-0.39, 0.29) is 5.91 Å². The molecule has 1 aliphatic rings. The predicted octanol–water partition coefficient (Wildman–Crippen LogP) is 3.16. The van der Waals surface area contributed by atoms with Gasteiger partial charge in [-0.25, -0.2) is 4.98 Å². The molecule has 0 bridgehead atoms. The molecule has 1 fully saturated rings. The summed E-state index contributed by atoms with van der Waals surface area (Å²) in [5.74, 6) is 1.75. The summed E-state index contributed by atoms with van der Waals surface area (Å²) in [5, 5.41) is 8.48. The molecule has 7 heteroatoms. The van der Waals surface area contributed by atoms with Crippen molar-refractivity contribution in [3.05, 3.63) is 41.6 Å². The van der Waals surface area contributed by atoms with Crippen molar-refractivity contribution in [2.75, 3.05) is 19.0 Å². The number of aryl methyl sites for hydroxylation is 2. The average molecular weight is 366 g/mol. The van der Waals surface area contributed by atoms with Gasteiger partial charge in [0.25, 0.3) is 5.91 Å². The Kier molecular flexibility index (Phi) is 4.53. The molecule has 0 spiro atoms. The molecule has 2 aromatic heterocycles. The zero-order valence-corrected chi connectivity index (χ0v) is 15.7. The minimum atomic E-state index is -0.403. The Hall–Kier alpha value is -2.93. The smallest absolute Gasteiger partial charge is 0.254 e. The fraction of sp³-hybridized carbons (Fsp3) is 0.350. The Morgan fingerprint density at radius 1 is 1.33 bits per heavy atom. The number of nitrogens with one attached hydrogen (secondary N) is 1. The summed E-state index contributed by atoms with van der Waals surface area (Å²) in [4.78, 5) is 17.2. The molecule has 0 saturated carbocycles. The van der Waals surface area contributed by atoms with Crippen molar-refractivity contribution >= 4 is 22.6 Å². The fourth-order valence-corrected chi connectivity index (χ4v) is 3.40. The number of ether oxygens (including phenoxy) is 2. The fourth-order valence-electron chi connectivity index (χ4n) is 3.40. The lowest BCUT2D eigenvalue weighted by atomic mass is 10.1. The Morgan fingerprint density at radius 2 is 2.19 bits per heavy atom. The van der Waals surface area contributed by atoms with Gasteiger partial charge in [0.2, 0.25) is 0 Å². The summed E-state index contributed by atoms with van der Waals surface area (Å²) < 4.78 is 12.6. The SMILES string of the molecule is COc1cccc2c(C)cc(-n3nc(C)cc3NC(=O)C3CCCO3)nc12. The molecule has 27 heavy (non-hydrogen) atoms. The summed E-state index contributed by atoms with van der Waals surface area (Å²) >= 11 is 0. The van der Waals surface area contributed by atoms with Crippen molar-refractivity contribution in [3.8, 4) is 11.6 Å². The van der Waals surface area contributed by atoms with Gasteiger partial charge in [-0.15, -0.1) is 0 Å². The van der Waals surface area contributed by atoms with E-state index < -0.39 is 6.10 Å². The number of pyridine rings is 1. The maximum absolute atomic E-state index is 12.5. The summed E-state index contributed by atoms with van der Waals surface area (Å²) in [6.07, 6.45) is 1.24. The molecule has 140 valence electrons. The molecule has 7 nitrogen and oxygen atoms in total. The van der Waals surface area contributed by atoms with Crippen LogP contribution in [0.5, 0.6) is 5.75 Å². The standard InChI is InChI=1S/C20H22N4O3/c1-12-10-17(21-19-14(12)6-4-7-15(19)26-3)24-18(11-13(2)23-24)22-20(25)16-8-5-9-27-16/h4,6-7,10-11,16H,5,8-9H2,1-3H3,(H,22,25). The molecule has 3 aromatic rings. The summed E-state index contributed by atoms with van der Waals surface area (Å²) in [6.45, 7) is 4.53. The highest BCUT2D eigenvalue weighted by Gasteiger charge is 2.25. The van der Waals surface area contributed by atoms with Gasteiger partial charge in [0.1, 0.15) is 23.2 Å². The lowest BCUT2D eigenvalue weighted by Gasteiger charge is -2.13. The minimum absolute atomic E-state index is 0.149. The third-order valence-corrected chi connectivity index (χ3v) is 4.74.